The molecule has 0 fully saturated rings. The number of aliphatic hydroxyl groups is 1. The first kappa shape index (κ1) is 44.7. The number of thiazole rings is 2. The number of pyridine rings is 1. The number of benzene rings is 2. The number of carbonyl (C=O) groups excluding carboxylic acids is 1. The minimum Gasteiger partial charge on any atom is -0.512 e. The van der Waals surface area contributed by atoms with Gasteiger partial charge >= 0.3 is 6.18 Å². The van der Waals surface area contributed by atoms with Gasteiger partial charge in [-0.15, -0.1) is 40.5 Å². The first-order chi connectivity index (χ1) is 25.4. The van der Waals surface area contributed by atoms with Crippen molar-refractivity contribution >= 4 is 70.3 Å². The number of aromatic nitrogens is 3. The van der Waals surface area contributed by atoms with Crippen molar-refractivity contribution in [3.63, 3.8) is 0 Å². The Morgan fingerprint density at radius 1 is 0.891 bits per heavy atom. The molecule has 0 atom stereocenters. The number of hydrogen-bond acceptors (Lipinski definition) is 8. The summed E-state index contributed by atoms with van der Waals surface area (Å²) in [6, 6.07) is 16.1. The molecule has 0 spiro atoms. The fourth-order valence-corrected chi connectivity index (χ4v) is 9.87. The summed E-state index contributed by atoms with van der Waals surface area (Å²) in [6.45, 7) is 17.1. The number of ketones is 1. The SMILES string of the molecule is CC(C)(C)c1cc(-c2nccc3c(-c4nc5sc(CC(C)(C)C(F)(F)F)nc5s4)csc23)[c-]c2ccccc12.CCC(CC)C(=O)/C=C(\O)C(CC)CC.[Ir]. The van der Waals surface area contributed by atoms with Crippen LogP contribution in [-0.2, 0) is 36.7 Å². The monoisotopic (exact) mass is 985 g/mol. The quantitative estimate of drug-likeness (QED) is 0.0795. The van der Waals surface area contributed by atoms with Crippen LogP contribution in [0.1, 0.15) is 98.6 Å². The normalized spacial score (nSPS) is 12.8. The van der Waals surface area contributed by atoms with Crippen LogP contribution in [0.3, 0.4) is 0 Å². The Morgan fingerprint density at radius 2 is 1.53 bits per heavy atom. The minimum absolute atomic E-state index is 0. The van der Waals surface area contributed by atoms with Crippen molar-refractivity contribution in [2.45, 2.75) is 106 Å². The summed E-state index contributed by atoms with van der Waals surface area (Å²) in [5.41, 5.74) is 2.19. The maximum absolute atomic E-state index is 13.4. The molecule has 2 aromatic carbocycles. The summed E-state index contributed by atoms with van der Waals surface area (Å²) in [6.07, 6.45) is 2.28. The summed E-state index contributed by atoms with van der Waals surface area (Å²) in [5.74, 6) is 0.547. The van der Waals surface area contributed by atoms with E-state index in [1.165, 1.54) is 53.5 Å². The van der Waals surface area contributed by atoms with E-state index in [1.807, 2.05) is 46.0 Å². The number of hydrogen-bond donors (Lipinski definition) is 1. The van der Waals surface area contributed by atoms with E-state index in [0.717, 1.165) is 63.0 Å². The van der Waals surface area contributed by atoms with Gasteiger partial charge in [-0.05, 0) is 42.6 Å². The van der Waals surface area contributed by atoms with Crippen molar-refractivity contribution in [1.82, 2.24) is 15.0 Å². The van der Waals surface area contributed by atoms with Gasteiger partial charge in [-0.25, -0.2) is 9.97 Å². The zero-order valence-corrected chi connectivity index (χ0v) is 37.6. The Hall–Kier alpha value is -3.02. The largest absolute Gasteiger partial charge is 0.512 e. The molecule has 4 heterocycles. The molecule has 55 heavy (non-hydrogen) atoms. The average Bonchev–Trinajstić information content (AvgIpc) is 3.81. The fraction of sp³-hybridized carbons (Fsp3) is 0.442. The molecule has 1 N–H and O–H groups in total. The predicted octanol–water partition coefficient (Wildman–Crippen LogP) is 13.9. The number of thiophene rings is 1. The molecule has 6 aromatic rings. The van der Waals surface area contributed by atoms with E-state index in [-0.39, 0.29) is 55.3 Å². The second kappa shape index (κ2) is 18.1. The molecule has 0 aliphatic heterocycles. The van der Waals surface area contributed by atoms with E-state index < -0.39 is 11.6 Å². The molecule has 0 unspecified atom stereocenters. The number of halogens is 3. The molecule has 0 aliphatic rings. The Bertz CT molecular complexity index is 2240. The average molecular weight is 985 g/mol. The molecule has 0 bridgehead atoms. The first-order valence-corrected chi connectivity index (χ1v) is 21.0. The van der Waals surface area contributed by atoms with Crippen LogP contribution in [0.15, 0.2) is 59.8 Å². The molecule has 0 saturated carbocycles. The summed E-state index contributed by atoms with van der Waals surface area (Å²) < 4.78 is 41.2. The molecule has 5 nitrogen and oxygen atoms in total. The van der Waals surface area contributed by atoms with Crippen LogP contribution in [0.2, 0.25) is 0 Å². The van der Waals surface area contributed by atoms with E-state index in [9.17, 15) is 23.1 Å². The molecule has 0 amide bonds. The van der Waals surface area contributed by atoms with Crippen LogP contribution in [-0.4, -0.2) is 32.0 Å². The van der Waals surface area contributed by atoms with Gasteiger partial charge in [0.05, 0.1) is 16.2 Å². The number of nitrogens with zero attached hydrogens (tertiary/aromatic N) is 3. The third-order valence-corrected chi connectivity index (χ3v) is 13.1. The predicted molar refractivity (Wildman–Crippen MR) is 222 cm³/mol. The maximum Gasteiger partial charge on any atom is 0.394 e. The van der Waals surface area contributed by atoms with Gasteiger partial charge in [-0.3, -0.25) is 9.78 Å². The summed E-state index contributed by atoms with van der Waals surface area (Å²) in [4.78, 5) is 27.1. The molecule has 6 rings (SSSR count). The summed E-state index contributed by atoms with van der Waals surface area (Å²) in [7, 11) is 0. The van der Waals surface area contributed by atoms with Gasteiger partial charge in [-0.1, -0.05) is 114 Å². The van der Waals surface area contributed by atoms with Gasteiger partial charge in [0.25, 0.3) is 0 Å². The molecule has 0 saturated heterocycles. The number of aliphatic hydroxyl groups excluding tert-OH is 1. The van der Waals surface area contributed by atoms with E-state index in [0.29, 0.717) is 14.7 Å². The van der Waals surface area contributed by atoms with E-state index in [2.05, 4.69) is 61.5 Å². The van der Waals surface area contributed by atoms with Crippen LogP contribution in [0.5, 0.6) is 0 Å². The zero-order valence-electron chi connectivity index (χ0n) is 32.8. The standard InChI is InChI=1S/C30H25F3N3S3.C13H24O2.Ir/c1-28(2,3)21-13-17(12-16-8-6-7-9-18(16)21)23-24-19(10-11-34-23)20(15-37-24)25-36-27-26(39-25)35-22(38-27)14-29(4,5)30(31,32)33;1-5-10(6-2)12(14)9-13(15)11(7-3)8-4;/h6-11,13,15H,14H2,1-5H3;9-11,14H,5-8H2,1-4H3;/q-1;;/b;12-9-;. The van der Waals surface area contributed by atoms with E-state index in [4.69, 9.17) is 9.97 Å². The first-order valence-electron chi connectivity index (χ1n) is 18.5. The number of alkyl halides is 3. The van der Waals surface area contributed by atoms with Gasteiger partial charge in [0.15, 0.2) is 15.4 Å². The third-order valence-electron chi connectivity index (χ3n) is 10.0. The maximum atomic E-state index is 13.4. The van der Waals surface area contributed by atoms with Crippen molar-refractivity contribution in [2.24, 2.45) is 17.3 Å². The van der Waals surface area contributed by atoms with Crippen molar-refractivity contribution in [3.05, 3.63) is 76.4 Å². The van der Waals surface area contributed by atoms with Gasteiger partial charge in [0, 0.05) is 72.0 Å². The smallest absolute Gasteiger partial charge is 0.394 e. The van der Waals surface area contributed by atoms with E-state index >= 15 is 0 Å². The number of carbonyl (C=O) groups is 1. The van der Waals surface area contributed by atoms with Gasteiger partial charge in [0.2, 0.25) is 0 Å². The molecule has 4 aromatic heterocycles. The second-order valence-electron chi connectivity index (χ2n) is 15.4. The van der Waals surface area contributed by atoms with Crippen LogP contribution in [0, 0.1) is 23.3 Å². The van der Waals surface area contributed by atoms with Gasteiger partial charge < -0.3 is 5.11 Å². The molecule has 297 valence electrons. The van der Waals surface area contributed by atoms with Crippen molar-refractivity contribution in [1.29, 1.82) is 0 Å². The Labute approximate surface area is 347 Å². The number of allylic oxidation sites excluding steroid dienone is 2. The van der Waals surface area contributed by atoms with Crippen LogP contribution in [0.4, 0.5) is 13.2 Å². The Morgan fingerprint density at radius 3 is 2.13 bits per heavy atom. The number of fused-ring (bicyclic) bond motifs is 3. The molecular weight excluding hydrogens is 936 g/mol. The van der Waals surface area contributed by atoms with Gasteiger partial charge in [0.1, 0.15) is 5.01 Å². The third kappa shape index (κ3) is 9.93. The van der Waals surface area contributed by atoms with Crippen molar-refractivity contribution in [2.75, 3.05) is 0 Å². The zero-order chi connectivity index (χ0) is 39.6. The topological polar surface area (TPSA) is 76.0 Å². The van der Waals surface area contributed by atoms with Crippen molar-refractivity contribution < 1.29 is 43.2 Å². The summed E-state index contributed by atoms with van der Waals surface area (Å²) in [5, 5.41) is 16.4. The van der Waals surface area contributed by atoms with Crippen LogP contribution < -0.4 is 0 Å². The molecule has 12 heteroatoms. The molecular formula is C43H49F3IrN3O2S3-. The summed E-state index contributed by atoms with van der Waals surface area (Å²) >= 11 is 4.28. The van der Waals surface area contributed by atoms with E-state index in [1.54, 1.807) is 11.3 Å². The molecule has 1 radical (unpaired) electrons. The second-order valence-corrected chi connectivity index (χ2v) is 18.3. The number of rotatable bonds is 11. The fourth-order valence-electron chi connectivity index (χ4n) is 6.43. The Balaban J connectivity index is 0.000000360. The minimum atomic E-state index is -4.29. The van der Waals surface area contributed by atoms with Gasteiger partial charge in [-0.2, -0.15) is 13.2 Å². The van der Waals surface area contributed by atoms with Crippen LogP contribution in [0.25, 0.3) is 52.3 Å². The van der Waals surface area contributed by atoms with Crippen LogP contribution >= 0.6 is 34.0 Å². The molecule has 0 aliphatic carbocycles. The Kier molecular flexibility index (Phi) is 14.7. The van der Waals surface area contributed by atoms with Crippen molar-refractivity contribution in [3.8, 4) is 21.8 Å².